The summed E-state index contributed by atoms with van der Waals surface area (Å²) in [4.78, 5) is 26.8. The van der Waals surface area contributed by atoms with Crippen LogP contribution in [0.5, 0.6) is 5.75 Å². The topological polar surface area (TPSA) is 70.7 Å². The van der Waals surface area contributed by atoms with Crippen molar-refractivity contribution in [3.05, 3.63) is 59.2 Å². The second kappa shape index (κ2) is 10.8. The lowest BCUT2D eigenvalue weighted by Crippen LogP contribution is -2.47. The molecule has 0 aliphatic carbocycles. The Morgan fingerprint density at radius 2 is 1.90 bits per heavy atom. The van der Waals surface area contributed by atoms with Crippen LogP contribution in [0.1, 0.15) is 36.0 Å². The first-order valence-corrected chi connectivity index (χ1v) is 11.0. The van der Waals surface area contributed by atoms with Gasteiger partial charge in [0.2, 0.25) is 5.91 Å². The predicted octanol–water partition coefficient (Wildman–Crippen LogP) is 4.44. The number of anilines is 1. The summed E-state index contributed by atoms with van der Waals surface area (Å²) in [6.45, 7) is 8.45. The number of likely N-dealkylation sites (tertiary alicyclic amines) is 1. The fraction of sp³-hybridized carbons (Fsp3) is 0.440. The van der Waals surface area contributed by atoms with Crippen molar-refractivity contribution in [2.45, 2.75) is 40.0 Å². The van der Waals surface area contributed by atoms with Gasteiger partial charge in [-0.15, -0.1) is 0 Å². The van der Waals surface area contributed by atoms with Gasteiger partial charge in [0.15, 0.2) is 0 Å². The fourth-order valence-electron chi connectivity index (χ4n) is 3.86. The summed E-state index contributed by atoms with van der Waals surface area (Å²) in [6.07, 6.45) is 2.37. The van der Waals surface area contributed by atoms with Gasteiger partial charge in [0.25, 0.3) is 0 Å². The van der Waals surface area contributed by atoms with E-state index in [0.717, 1.165) is 36.3 Å². The van der Waals surface area contributed by atoms with Gasteiger partial charge >= 0.3 is 6.03 Å². The number of aryl methyl sites for hydroxylation is 2. The SMILES string of the molecule is Cc1cc(C)c(C)c(OCCCNC(=O)[C@@H]2CCCN(C(=O)Nc3ccccc3)C2)c1. The summed E-state index contributed by atoms with van der Waals surface area (Å²) in [5.41, 5.74) is 4.33. The summed E-state index contributed by atoms with van der Waals surface area (Å²) in [5.74, 6) is 0.758. The average molecular weight is 424 g/mol. The van der Waals surface area contributed by atoms with E-state index < -0.39 is 0 Å². The van der Waals surface area contributed by atoms with E-state index in [-0.39, 0.29) is 17.9 Å². The number of para-hydroxylation sites is 1. The summed E-state index contributed by atoms with van der Waals surface area (Å²) >= 11 is 0. The van der Waals surface area contributed by atoms with E-state index >= 15 is 0 Å². The molecule has 2 aromatic rings. The number of rotatable bonds is 7. The molecule has 31 heavy (non-hydrogen) atoms. The van der Waals surface area contributed by atoms with E-state index in [2.05, 4.69) is 43.5 Å². The zero-order chi connectivity index (χ0) is 22.2. The van der Waals surface area contributed by atoms with Crippen molar-refractivity contribution in [2.75, 3.05) is 31.6 Å². The van der Waals surface area contributed by atoms with Crippen LogP contribution in [0.25, 0.3) is 0 Å². The van der Waals surface area contributed by atoms with Gasteiger partial charge in [-0.05, 0) is 74.9 Å². The Kier molecular flexibility index (Phi) is 7.93. The van der Waals surface area contributed by atoms with Crippen LogP contribution in [-0.2, 0) is 4.79 Å². The van der Waals surface area contributed by atoms with E-state index in [0.29, 0.717) is 26.2 Å². The van der Waals surface area contributed by atoms with Crippen LogP contribution in [0.2, 0.25) is 0 Å². The number of carbonyl (C=O) groups excluding carboxylic acids is 2. The lowest BCUT2D eigenvalue weighted by molar-refractivity contribution is -0.126. The van der Waals surface area contributed by atoms with Gasteiger partial charge in [0.1, 0.15) is 5.75 Å². The summed E-state index contributed by atoms with van der Waals surface area (Å²) in [5, 5.41) is 5.91. The summed E-state index contributed by atoms with van der Waals surface area (Å²) < 4.78 is 5.92. The van der Waals surface area contributed by atoms with Crippen LogP contribution in [0.3, 0.4) is 0 Å². The van der Waals surface area contributed by atoms with Crippen molar-refractivity contribution in [3.63, 3.8) is 0 Å². The highest BCUT2D eigenvalue weighted by atomic mass is 16.5. The van der Waals surface area contributed by atoms with Crippen molar-refractivity contribution in [1.82, 2.24) is 10.2 Å². The molecule has 6 heteroatoms. The van der Waals surface area contributed by atoms with Crippen LogP contribution < -0.4 is 15.4 Å². The molecule has 3 rings (SSSR count). The Morgan fingerprint density at radius 1 is 1.13 bits per heavy atom. The van der Waals surface area contributed by atoms with Gasteiger partial charge < -0.3 is 20.3 Å². The molecule has 0 aromatic heterocycles. The number of hydrogen-bond donors (Lipinski definition) is 2. The van der Waals surface area contributed by atoms with E-state index in [9.17, 15) is 9.59 Å². The second-order valence-electron chi connectivity index (χ2n) is 8.28. The van der Waals surface area contributed by atoms with E-state index in [1.807, 2.05) is 30.3 Å². The Morgan fingerprint density at radius 3 is 2.68 bits per heavy atom. The van der Waals surface area contributed by atoms with E-state index in [4.69, 9.17) is 4.74 Å². The standard InChI is InChI=1S/C25H33N3O3/c1-18-15-19(2)20(3)23(16-18)31-14-8-12-26-24(29)21-9-7-13-28(17-21)25(30)27-22-10-5-4-6-11-22/h4-6,10-11,15-16,21H,7-9,12-14,17H2,1-3H3,(H,26,29)(H,27,30)/t21-/m1/s1. The molecule has 2 aromatic carbocycles. The van der Waals surface area contributed by atoms with E-state index in [1.54, 1.807) is 4.90 Å². The molecular weight excluding hydrogens is 390 g/mol. The van der Waals surface area contributed by atoms with Gasteiger partial charge in [-0.1, -0.05) is 24.3 Å². The highest BCUT2D eigenvalue weighted by Gasteiger charge is 2.28. The van der Waals surface area contributed by atoms with Crippen molar-refractivity contribution >= 4 is 17.6 Å². The van der Waals surface area contributed by atoms with Crippen molar-refractivity contribution in [3.8, 4) is 5.75 Å². The van der Waals surface area contributed by atoms with Crippen LogP contribution in [0.15, 0.2) is 42.5 Å². The lowest BCUT2D eigenvalue weighted by atomic mass is 9.97. The number of piperidine rings is 1. The molecule has 3 amide bonds. The number of nitrogens with one attached hydrogen (secondary N) is 2. The third kappa shape index (κ3) is 6.48. The third-order valence-electron chi connectivity index (χ3n) is 5.75. The first kappa shape index (κ1) is 22.7. The van der Waals surface area contributed by atoms with Gasteiger partial charge in [0, 0.05) is 25.3 Å². The highest BCUT2D eigenvalue weighted by molar-refractivity contribution is 5.90. The molecule has 0 bridgehead atoms. The van der Waals surface area contributed by atoms with Crippen LogP contribution in [0, 0.1) is 26.7 Å². The average Bonchev–Trinajstić information content (AvgIpc) is 2.77. The second-order valence-corrected chi connectivity index (χ2v) is 8.28. The number of amides is 3. The molecule has 0 unspecified atom stereocenters. The molecule has 166 valence electrons. The Balaban J connectivity index is 1.39. The third-order valence-corrected chi connectivity index (χ3v) is 5.75. The maximum absolute atomic E-state index is 12.6. The minimum Gasteiger partial charge on any atom is -0.493 e. The Bertz CT molecular complexity index is 898. The molecule has 1 heterocycles. The molecule has 0 radical (unpaired) electrons. The quantitative estimate of drug-likeness (QED) is 0.647. The van der Waals surface area contributed by atoms with Gasteiger partial charge in [-0.25, -0.2) is 4.79 Å². The lowest BCUT2D eigenvalue weighted by Gasteiger charge is -2.32. The Labute approximate surface area is 185 Å². The predicted molar refractivity (Wildman–Crippen MR) is 124 cm³/mol. The van der Waals surface area contributed by atoms with Gasteiger partial charge in [-0.3, -0.25) is 4.79 Å². The smallest absolute Gasteiger partial charge is 0.321 e. The number of urea groups is 1. The largest absolute Gasteiger partial charge is 0.493 e. The molecule has 1 saturated heterocycles. The zero-order valence-electron chi connectivity index (χ0n) is 18.7. The molecule has 1 atom stereocenters. The molecule has 6 nitrogen and oxygen atoms in total. The van der Waals surface area contributed by atoms with Crippen molar-refractivity contribution in [1.29, 1.82) is 0 Å². The number of benzene rings is 2. The maximum Gasteiger partial charge on any atom is 0.321 e. The number of hydrogen-bond acceptors (Lipinski definition) is 3. The number of ether oxygens (including phenoxy) is 1. The minimum absolute atomic E-state index is 0.0137. The first-order chi connectivity index (χ1) is 14.9. The fourth-order valence-corrected chi connectivity index (χ4v) is 3.86. The molecule has 2 N–H and O–H groups in total. The monoisotopic (exact) mass is 423 g/mol. The minimum atomic E-state index is -0.169. The Hall–Kier alpha value is -3.02. The highest BCUT2D eigenvalue weighted by Crippen LogP contribution is 2.23. The number of nitrogens with zero attached hydrogens (tertiary/aromatic N) is 1. The molecule has 1 aliphatic heterocycles. The molecule has 0 saturated carbocycles. The number of carbonyl (C=O) groups is 2. The molecule has 1 aliphatic rings. The normalized spacial score (nSPS) is 16.0. The zero-order valence-corrected chi connectivity index (χ0v) is 18.7. The van der Waals surface area contributed by atoms with Crippen LogP contribution in [-0.4, -0.2) is 43.1 Å². The molecule has 0 spiro atoms. The summed E-state index contributed by atoms with van der Waals surface area (Å²) in [7, 11) is 0. The first-order valence-electron chi connectivity index (χ1n) is 11.0. The molecule has 1 fully saturated rings. The maximum atomic E-state index is 12.6. The molecular formula is C25H33N3O3. The van der Waals surface area contributed by atoms with Crippen LogP contribution in [0.4, 0.5) is 10.5 Å². The van der Waals surface area contributed by atoms with Crippen molar-refractivity contribution in [2.24, 2.45) is 5.92 Å². The van der Waals surface area contributed by atoms with Gasteiger partial charge in [-0.2, -0.15) is 0 Å². The van der Waals surface area contributed by atoms with E-state index in [1.165, 1.54) is 11.1 Å². The van der Waals surface area contributed by atoms with Gasteiger partial charge in [0.05, 0.1) is 12.5 Å². The van der Waals surface area contributed by atoms with Crippen molar-refractivity contribution < 1.29 is 14.3 Å². The van der Waals surface area contributed by atoms with Crippen LogP contribution >= 0.6 is 0 Å². The summed E-state index contributed by atoms with van der Waals surface area (Å²) in [6, 6.07) is 13.4.